The van der Waals surface area contributed by atoms with Gasteiger partial charge in [0.05, 0.1) is 10.7 Å². The molecule has 0 spiro atoms. The van der Waals surface area contributed by atoms with Gasteiger partial charge in [-0.05, 0) is 54.1 Å². The fraction of sp³-hybridized carbons (Fsp3) is 0. The molecule has 0 unspecified atom stereocenters. The molecule has 2 heterocycles. The summed E-state index contributed by atoms with van der Waals surface area (Å²) < 4.78 is 5.71. The topological polar surface area (TPSA) is 68.0 Å². The molecular formula is C21H13Cl2N3O2. The zero-order valence-electron chi connectivity index (χ0n) is 14.4. The maximum Gasteiger partial charge on any atom is 0.248 e. The number of fused-ring (bicyclic) bond motifs is 1. The SMILES string of the molecule is O=C(C=Cc1ccc(Cl)cc1)Nc1cc(-c2nc3ncccc3o2)ccc1Cl. The molecule has 2 aromatic heterocycles. The zero-order chi connectivity index (χ0) is 19.5. The van der Waals surface area contributed by atoms with Crippen LogP contribution < -0.4 is 5.32 Å². The fourth-order valence-electron chi connectivity index (χ4n) is 2.57. The van der Waals surface area contributed by atoms with Crippen molar-refractivity contribution >= 4 is 52.1 Å². The maximum atomic E-state index is 12.3. The molecule has 2 aromatic carbocycles. The number of amides is 1. The lowest BCUT2D eigenvalue weighted by molar-refractivity contribution is -0.111. The molecule has 0 atom stereocenters. The Hall–Kier alpha value is -3.15. The standard InChI is InChI=1S/C21H13Cl2N3O2/c22-15-7-3-13(4-8-15)5-10-19(27)25-17-12-14(6-9-16(17)23)21-26-20-18(28-21)2-1-11-24-20/h1-12H,(H,25,27). The van der Waals surface area contributed by atoms with Crippen molar-refractivity contribution in [2.75, 3.05) is 5.32 Å². The number of oxazole rings is 1. The Kier molecular flexibility index (Phi) is 5.10. The Balaban J connectivity index is 1.55. The van der Waals surface area contributed by atoms with Crippen molar-refractivity contribution in [2.45, 2.75) is 0 Å². The molecule has 0 fully saturated rings. The fourth-order valence-corrected chi connectivity index (χ4v) is 2.86. The summed E-state index contributed by atoms with van der Waals surface area (Å²) in [6.45, 7) is 0. The van der Waals surface area contributed by atoms with Gasteiger partial charge in [0.2, 0.25) is 11.8 Å². The van der Waals surface area contributed by atoms with Crippen LogP contribution in [0.4, 0.5) is 5.69 Å². The highest BCUT2D eigenvalue weighted by Gasteiger charge is 2.12. The van der Waals surface area contributed by atoms with Crippen LogP contribution in [0.1, 0.15) is 5.56 Å². The van der Waals surface area contributed by atoms with Crippen molar-refractivity contribution in [1.29, 1.82) is 0 Å². The normalized spacial score (nSPS) is 11.2. The number of benzene rings is 2. The van der Waals surface area contributed by atoms with Crippen LogP contribution in [-0.2, 0) is 4.79 Å². The first-order valence-corrected chi connectivity index (χ1v) is 9.10. The van der Waals surface area contributed by atoms with Gasteiger partial charge in [0.1, 0.15) is 0 Å². The summed E-state index contributed by atoms with van der Waals surface area (Å²) in [5.74, 6) is 0.0887. The Labute approximate surface area is 170 Å². The number of nitrogens with zero attached hydrogens (tertiary/aromatic N) is 2. The predicted octanol–water partition coefficient (Wildman–Crippen LogP) is 5.85. The lowest BCUT2D eigenvalue weighted by Crippen LogP contribution is -2.08. The molecule has 0 saturated heterocycles. The van der Waals surface area contributed by atoms with Crippen molar-refractivity contribution in [1.82, 2.24) is 9.97 Å². The number of rotatable bonds is 4. The molecule has 1 N–H and O–H groups in total. The second-order valence-electron chi connectivity index (χ2n) is 5.91. The van der Waals surface area contributed by atoms with Crippen molar-refractivity contribution in [3.63, 3.8) is 0 Å². The Morgan fingerprint density at radius 3 is 2.68 bits per heavy atom. The van der Waals surface area contributed by atoms with Crippen LogP contribution in [0.2, 0.25) is 10.0 Å². The zero-order valence-corrected chi connectivity index (χ0v) is 15.9. The summed E-state index contributed by atoms with van der Waals surface area (Å²) in [6, 6.07) is 15.9. The molecule has 28 heavy (non-hydrogen) atoms. The molecule has 5 nitrogen and oxygen atoms in total. The average molecular weight is 410 g/mol. The van der Waals surface area contributed by atoms with Gasteiger partial charge in [0.25, 0.3) is 0 Å². The van der Waals surface area contributed by atoms with Gasteiger partial charge in [0, 0.05) is 22.9 Å². The second kappa shape index (κ2) is 7.84. The number of pyridine rings is 1. The summed E-state index contributed by atoms with van der Waals surface area (Å²) in [5, 5.41) is 3.81. The first-order valence-electron chi connectivity index (χ1n) is 8.34. The molecule has 1 amide bonds. The van der Waals surface area contributed by atoms with E-state index in [-0.39, 0.29) is 5.91 Å². The van der Waals surface area contributed by atoms with Gasteiger partial charge < -0.3 is 9.73 Å². The number of hydrogen-bond acceptors (Lipinski definition) is 4. The minimum Gasteiger partial charge on any atom is -0.434 e. The summed E-state index contributed by atoms with van der Waals surface area (Å²) in [5.41, 5.74) is 3.10. The summed E-state index contributed by atoms with van der Waals surface area (Å²) in [4.78, 5) is 20.8. The molecule has 7 heteroatoms. The van der Waals surface area contributed by atoms with Crippen LogP contribution in [0, 0.1) is 0 Å². The Morgan fingerprint density at radius 1 is 1.07 bits per heavy atom. The maximum absolute atomic E-state index is 12.3. The minimum atomic E-state index is -0.312. The van der Waals surface area contributed by atoms with E-state index >= 15 is 0 Å². The predicted molar refractivity (Wildman–Crippen MR) is 111 cm³/mol. The minimum absolute atomic E-state index is 0.312. The largest absolute Gasteiger partial charge is 0.434 e. The van der Waals surface area contributed by atoms with Crippen molar-refractivity contribution in [2.24, 2.45) is 0 Å². The molecule has 0 bridgehead atoms. The second-order valence-corrected chi connectivity index (χ2v) is 6.76. The van der Waals surface area contributed by atoms with Gasteiger partial charge in [-0.25, -0.2) is 4.98 Å². The number of anilines is 1. The molecule has 0 aliphatic rings. The van der Waals surface area contributed by atoms with E-state index in [1.54, 1.807) is 54.7 Å². The van der Waals surface area contributed by atoms with Gasteiger partial charge >= 0.3 is 0 Å². The lowest BCUT2D eigenvalue weighted by atomic mass is 10.2. The van der Waals surface area contributed by atoms with Crippen LogP contribution in [0.3, 0.4) is 0 Å². The summed E-state index contributed by atoms with van der Waals surface area (Å²) in [7, 11) is 0. The molecular weight excluding hydrogens is 397 g/mol. The van der Waals surface area contributed by atoms with Crippen LogP contribution >= 0.6 is 23.2 Å². The monoisotopic (exact) mass is 409 g/mol. The Morgan fingerprint density at radius 2 is 1.89 bits per heavy atom. The van der Waals surface area contributed by atoms with Gasteiger partial charge in [-0.1, -0.05) is 35.3 Å². The Bertz CT molecular complexity index is 1150. The van der Waals surface area contributed by atoms with E-state index in [4.69, 9.17) is 27.6 Å². The lowest BCUT2D eigenvalue weighted by Gasteiger charge is -2.06. The van der Waals surface area contributed by atoms with Crippen LogP contribution in [-0.4, -0.2) is 15.9 Å². The van der Waals surface area contributed by atoms with E-state index in [2.05, 4.69) is 15.3 Å². The van der Waals surface area contributed by atoms with E-state index in [0.29, 0.717) is 38.4 Å². The molecule has 4 aromatic rings. The molecule has 138 valence electrons. The van der Waals surface area contributed by atoms with Gasteiger partial charge in [-0.3, -0.25) is 4.79 Å². The van der Waals surface area contributed by atoms with Crippen molar-refractivity contribution < 1.29 is 9.21 Å². The number of halogens is 2. The van der Waals surface area contributed by atoms with E-state index in [1.807, 2.05) is 12.1 Å². The molecule has 0 saturated carbocycles. The molecule has 4 rings (SSSR count). The molecule has 0 aliphatic heterocycles. The average Bonchev–Trinajstić information content (AvgIpc) is 3.13. The first kappa shape index (κ1) is 18.2. The van der Waals surface area contributed by atoms with Crippen LogP contribution in [0.25, 0.3) is 28.8 Å². The first-order chi connectivity index (χ1) is 13.6. The third-order valence-corrected chi connectivity index (χ3v) is 4.51. The highest BCUT2D eigenvalue weighted by atomic mass is 35.5. The third kappa shape index (κ3) is 4.06. The number of carbonyl (C=O) groups is 1. The van der Waals surface area contributed by atoms with Crippen molar-refractivity contribution in [3.05, 3.63) is 82.5 Å². The van der Waals surface area contributed by atoms with Crippen LogP contribution in [0.15, 0.2) is 71.3 Å². The number of aromatic nitrogens is 2. The van der Waals surface area contributed by atoms with E-state index in [9.17, 15) is 4.79 Å². The highest BCUT2D eigenvalue weighted by Crippen LogP contribution is 2.30. The van der Waals surface area contributed by atoms with E-state index in [1.165, 1.54) is 6.08 Å². The number of carbonyl (C=O) groups excluding carboxylic acids is 1. The smallest absolute Gasteiger partial charge is 0.248 e. The summed E-state index contributed by atoms with van der Waals surface area (Å²) in [6.07, 6.45) is 4.76. The quantitative estimate of drug-likeness (QED) is 0.429. The number of hydrogen-bond donors (Lipinski definition) is 1. The van der Waals surface area contributed by atoms with E-state index in [0.717, 1.165) is 5.56 Å². The van der Waals surface area contributed by atoms with Crippen LogP contribution in [0.5, 0.6) is 0 Å². The molecule has 0 aliphatic carbocycles. The number of nitrogens with one attached hydrogen (secondary N) is 1. The van der Waals surface area contributed by atoms with E-state index < -0.39 is 0 Å². The van der Waals surface area contributed by atoms with Gasteiger partial charge in [-0.2, -0.15) is 4.98 Å². The molecule has 0 radical (unpaired) electrons. The summed E-state index contributed by atoms with van der Waals surface area (Å²) >= 11 is 12.1. The van der Waals surface area contributed by atoms with Gasteiger partial charge in [0.15, 0.2) is 11.2 Å². The third-order valence-electron chi connectivity index (χ3n) is 3.93. The highest BCUT2D eigenvalue weighted by molar-refractivity contribution is 6.34. The van der Waals surface area contributed by atoms with Gasteiger partial charge in [-0.15, -0.1) is 0 Å². The van der Waals surface area contributed by atoms with Crippen molar-refractivity contribution in [3.8, 4) is 11.5 Å².